The summed E-state index contributed by atoms with van der Waals surface area (Å²) in [4.78, 5) is 6.97. The first-order chi connectivity index (χ1) is 6.30. The van der Waals surface area contributed by atoms with Crippen molar-refractivity contribution in [2.45, 2.75) is 32.6 Å². The first-order valence-electron chi connectivity index (χ1n) is 4.27. The molecule has 0 aliphatic rings. The van der Waals surface area contributed by atoms with Gasteiger partial charge in [0.05, 0.1) is 5.69 Å². The van der Waals surface area contributed by atoms with Gasteiger partial charge < -0.3 is 5.11 Å². The van der Waals surface area contributed by atoms with Gasteiger partial charge in [-0.15, -0.1) is 0 Å². The Morgan fingerprint density at radius 2 is 1.93 bits per heavy atom. The summed E-state index contributed by atoms with van der Waals surface area (Å²) in [5.41, 5.74) is 0.411. The summed E-state index contributed by atoms with van der Waals surface area (Å²) in [6, 6.07) is 1.29. The Kier molecular flexibility index (Phi) is 2.69. The molecule has 0 aliphatic carbocycles. The lowest BCUT2D eigenvalue weighted by molar-refractivity contribution is 0.00680. The van der Waals surface area contributed by atoms with E-state index in [9.17, 15) is 8.78 Å². The van der Waals surface area contributed by atoms with Crippen LogP contribution in [-0.2, 0) is 5.92 Å². The summed E-state index contributed by atoms with van der Waals surface area (Å²) < 4.78 is 25.7. The van der Waals surface area contributed by atoms with Crippen LogP contribution in [0.2, 0.25) is 0 Å². The average molecular weight is 202 g/mol. The molecule has 1 rings (SSSR count). The molecule has 1 N–H and O–H groups in total. The van der Waals surface area contributed by atoms with Crippen LogP contribution >= 0.6 is 0 Å². The van der Waals surface area contributed by atoms with Crippen molar-refractivity contribution in [2.24, 2.45) is 0 Å². The molecule has 14 heavy (non-hydrogen) atoms. The van der Waals surface area contributed by atoms with Crippen LogP contribution in [0.4, 0.5) is 8.78 Å². The van der Waals surface area contributed by atoms with Crippen molar-refractivity contribution in [3.8, 4) is 5.88 Å². The molecule has 0 aromatic carbocycles. The van der Waals surface area contributed by atoms with Crippen molar-refractivity contribution in [1.82, 2.24) is 9.97 Å². The number of nitrogens with zero attached hydrogens (tertiary/aromatic N) is 2. The van der Waals surface area contributed by atoms with E-state index >= 15 is 0 Å². The molecule has 0 unspecified atom stereocenters. The fourth-order valence-corrected chi connectivity index (χ4v) is 0.945. The normalized spacial score (nSPS) is 12.1. The quantitative estimate of drug-likeness (QED) is 0.801. The fourth-order valence-electron chi connectivity index (χ4n) is 0.945. The summed E-state index contributed by atoms with van der Waals surface area (Å²) >= 11 is 0. The molecule has 5 heteroatoms. The zero-order valence-corrected chi connectivity index (χ0v) is 8.25. The van der Waals surface area contributed by atoms with Crippen molar-refractivity contribution in [1.29, 1.82) is 0 Å². The molecular formula is C9H12F2N2O. The second kappa shape index (κ2) is 3.48. The number of aromatic hydroxyl groups is 1. The van der Waals surface area contributed by atoms with Crippen LogP contribution in [-0.4, -0.2) is 15.1 Å². The van der Waals surface area contributed by atoms with Crippen LogP contribution in [0, 0.1) is 0 Å². The van der Waals surface area contributed by atoms with E-state index in [4.69, 9.17) is 5.11 Å². The maximum Gasteiger partial charge on any atom is 0.303 e. The zero-order valence-electron chi connectivity index (χ0n) is 8.25. The number of hydrogen-bond donors (Lipinski definition) is 1. The standard InChI is InChI=1S/C9H12F2N2O/c1-5(2)6-4-7(14)13-8(12-6)9(3,10)11/h4-5H,1-3H3,(H,12,13,14). The summed E-state index contributed by atoms with van der Waals surface area (Å²) in [5, 5.41) is 9.12. The molecular weight excluding hydrogens is 190 g/mol. The predicted octanol–water partition coefficient (Wildman–Crippen LogP) is 2.42. The van der Waals surface area contributed by atoms with Gasteiger partial charge in [0.25, 0.3) is 0 Å². The number of rotatable bonds is 2. The van der Waals surface area contributed by atoms with Gasteiger partial charge in [-0.1, -0.05) is 13.8 Å². The molecule has 78 valence electrons. The maximum atomic E-state index is 12.8. The average Bonchev–Trinajstić information content (AvgIpc) is 2.01. The summed E-state index contributed by atoms with van der Waals surface area (Å²) in [5.74, 6) is -4.20. The minimum absolute atomic E-state index is 0.0231. The van der Waals surface area contributed by atoms with Crippen molar-refractivity contribution >= 4 is 0 Å². The smallest absolute Gasteiger partial charge is 0.303 e. The third kappa shape index (κ3) is 2.37. The lowest BCUT2D eigenvalue weighted by Gasteiger charge is -2.11. The highest BCUT2D eigenvalue weighted by Crippen LogP contribution is 2.26. The Morgan fingerprint density at radius 1 is 1.36 bits per heavy atom. The van der Waals surface area contributed by atoms with Crippen LogP contribution in [0.15, 0.2) is 6.07 Å². The molecule has 0 spiro atoms. The molecule has 0 atom stereocenters. The first kappa shape index (κ1) is 10.8. The largest absolute Gasteiger partial charge is 0.493 e. The van der Waals surface area contributed by atoms with Gasteiger partial charge >= 0.3 is 5.92 Å². The highest BCUT2D eigenvalue weighted by molar-refractivity contribution is 5.18. The zero-order chi connectivity index (χ0) is 10.9. The molecule has 0 fully saturated rings. The highest BCUT2D eigenvalue weighted by atomic mass is 19.3. The van der Waals surface area contributed by atoms with Gasteiger partial charge in [0.2, 0.25) is 11.7 Å². The van der Waals surface area contributed by atoms with E-state index in [-0.39, 0.29) is 5.92 Å². The van der Waals surface area contributed by atoms with E-state index in [2.05, 4.69) is 9.97 Å². The molecule has 1 heterocycles. The van der Waals surface area contributed by atoms with E-state index in [0.717, 1.165) is 0 Å². The molecule has 1 aromatic heterocycles. The summed E-state index contributed by atoms with van der Waals surface area (Å²) in [7, 11) is 0. The number of halogens is 2. The molecule has 1 aromatic rings. The third-order valence-electron chi connectivity index (χ3n) is 1.72. The van der Waals surface area contributed by atoms with Crippen LogP contribution in [0.5, 0.6) is 5.88 Å². The van der Waals surface area contributed by atoms with Crippen LogP contribution in [0.25, 0.3) is 0 Å². The van der Waals surface area contributed by atoms with Gasteiger partial charge in [0.15, 0.2) is 0 Å². The van der Waals surface area contributed by atoms with Gasteiger partial charge in [-0.05, 0) is 5.92 Å². The monoisotopic (exact) mass is 202 g/mol. The van der Waals surface area contributed by atoms with Gasteiger partial charge in [-0.2, -0.15) is 13.8 Å². The summed E-state index contributed by atoms with van der Waals surface area (Å²) in [6.45, 7) is 4.31. The van der Waals surface area contributed by atoms with Gasteiger partial charge in [-0.3, -0.25) is 0 Å². The lowest BCUT2D eigenvalue weighted by atomic mass is 10.1. The number of alkyl halides is 2. The van der Waals surface area contributed by atoms with Crippen LogP contribution in [0.3, 0.4) is 0 Å². The number of hydrogen-bond acceptors (Lipinski definition) is 3. The SMILES string of the molecule is CC(C)c1cc(O)nc(C(C)(F)F)n1. The molecule has 0 radical (unpaired) electrons. The van der Waals surface area contributed by atoms with E-state index < -0.39 is 17.6 Å². The van der Waals surface area contributed by atoms with Crippen molar-refractivity contribution in [2.75, 3.05) is 0 Å². The second-order valence-electron chi connectivity index (χ2n) is 3.52. The van der Waals surface area contributed by atoms with E-state index in [1.165, 1.54) is 6.07 Å². The van der Waals surface area contributed by atoms with Crippen molar-refractivity contribution in [3.05, 3.63) is 17.6 Å². The van der Waals surface area contributed by atoms with Crippen molar-refractivity contribution in [3.63, 3.8) is 0 Å². The van der Waals surface area contributed by atoms with Gasteiger partial charge in [0.1, 0.15) is 0 Å². The van der Waals surface area contributed by atoms with Crippen LogP contribution < -0.4 is 0 Å². The third-order valence-corrected chi connectivity index (χ3v) is 1.72. The Morgan fingerprint density at radius 3 is 2.36 bits per heavy atom. The Balaban J connectivity index is 3.21. The molecule has 0 saturated carbocycles. The topological polar surface area (TPSA) is 46.0 Å². The fraction of sp³-hybridized carbons (Fsp3) is 0.556. The first-order valence-corrected chi connectivity index (χ1v) is 4.27. The van der Waals surface area contributed by atoms with E-state index in [0.29, 0.717) is 12.6 Å². The Bertz CT molecular complexity index is 334. The molecule has 3 nitrogen and oxygen atoms in total. The van der Waals surface area contributed by atoms with Crippen molar-refractivity contribution < 1.29 is 13.9 Å². The van der Waals surface area contributed by atoms with Gasteiger partial charge in [0, 0.05) is 13.0 Å². The highest BCUT2D eigenvalue weighted by Gasteiger charge is 2.29. The maximum absolute atomic E-state index is 12.8. The minimum Gasteiger partial charge on any atom is -0.493 e. The number of aromatic nitrogens is 2. The van der Waals surface area contributed by atoms with Gasteiger partial charge in [-0.25, -0.2) is 4.98 Å². The summed E-state index contributed by atoms with van der Waals surface area (Å²) in [6.07, 6.45) is 0. The minimum atomic E-state index is -3.12. The molecule has 0 bridgehead atoms. The van der Waals surface area contributed by atoms with E-state index in [1.807, 2.05) is 0 Å². The Hall–Kier alpha value is -1.26. The second-order valence-corrected chi connectivity index (χ2v) is 3.52. The molecule has 0 amide bonds. The van der Waals surface area contributed by atoms with E-state index in [1.54, 1.807) is 13.8 Å². The predicted molar refractivity (Wildman–Crippen MR) is 47.4 cm³/mol. The lowest BCUT2D eigenvalue weighted by Crippen LogP contribution is -2.14. The Labute approximate surface area is 80.8 Å². The molecule has 0 saturated heterocycles. The van der Waals surface area contributed by atoms with Crippen LogP contribution in [0.1, 0.15) is 38.2 Å². The molecule has 0 aliphatic heterocycles.